The van der Waals surface area contributed by atoms with Crippen LogP contribution in [0.4, 0.5) is 13.2 Å². The number of hydrogen-bond donors (Lipinski definition) is 0. The molecule has 0 aliphatic rings. The summed E-state index contributed by atoms with van der Waals surface area (Å²) in [5, 5.41) is 0. The van der Waals surface area contributed by atoms with Crippen molar-refractivity contribution in [3.63, 3.8) is 0 Å². The SMILES string of the molecule is COC(C#Cc1ccc(F)cc1)c1cc(F)ccc1F. The first-order chi connectivity index (χ1) is 9.60. The van der Waals surface area contributed by atoms with Crippen molar-refractivity contribution < 1.29 is 17.9 Å². The van der Waals surface area contributed by atoms with Crippen molar-refractivity contribution in [3.05, 3.63) is 71.0 Å². The first-order valence-corrected chi connectivity index (χ1v) is 5.85. The lowest BCUT2D eigenvalue weighted by Crippen LogP contribution is -2.02. The van der Waals surface area contributed by atoms with Gasteiger partial charge in [0.15, 0.2) is 0 Å². The van der Waals surface area contributed by atoms with Gasteiger partial charge in [0, 0.05) is 18.2 Å². The van der Waals surface area contributed by atoms with Gasteiger partial charge in [0.2, 0.25) is 0 Å². The summed E-state index contributed by atoms with van der Waals surface area (Å²) in [7, 11) is 1.36. The Hall–Kier alpha value is -2.25. The average Bonchev–Trinajstić information content (AvgIpc) is 2.45. The van der Waals surface area contributed by atoms with Crippen molar-refractivity contribution in [3.8, 4) is 11.8 Å². The van der Waals surface area contributed by atoms with Gasteiger partial charge in [-0.05, 0) is 42.5 Å². The van der Waals surface area contributed by atoms with Crippen molar-refractivity contribution in [1.29, 1.82) is 0 Å². The Labute approximate surface area is 115 Å². The minimum atomic E-state index is -0.893. The van der Waals surface area contributed by atoms with Crippen LogP contribution >= 0.6 is 0 Å². The summed E-state index contributed by atoms with van der Waals surface area (Å²) in [5.41, 5.74) is 0.590. The highest BCUT2D eigenvalue weighted by Crippen LogP contribution is 2.20. The highest BCUT2D eigenvalue weighted by molar-refractivity contribution is 5.37. The molecule has 2 aromatic carbocycles. The van der Waals surface area contributed by atoms with Crippen LogP contribution in [0.1, 0.15) is 17.2 Å². The van der Waals surface area contributed by atoms with E-state index in [4.69, 9.17) is 4.74 Å². The second kappa shape index (κ2) is 6.27. The molecule has 0 saturated heterocycles. The van der Waals surface area contributed by atoms with Crippen LogP contribution < -0.4 is 0 Å². The average molecular weight is 276 g/mol. The molecule has 102 valence electrons. The molecule has 2 rings (SSSR count). The molecule has 0 spiro atoms. The third-order valence-electron chi connectivity index (χ3n) is 2.67. The van der Waals surface area contributed by atoms with Gasteiger partial charge in [-0.25, -0.2) is 13.2 Å². The van der Waals surface area contributed by atoms with Crippen molar-refractivity contribution >= 4 is 0 Å². The number of hydrogen-bond acceptors (Lipinski definition) is 1. The van der Waals surface area contributed by atoms with Crippen LogP contribution in [0, 0.1) is 29.3 Å². The lowest BCUT2D eigenvalue weighted by molar-refractivity contribution is 0.146. The van der Waals surface area contributed by atoms with Crippen LogP contribution in [0.5, 0.6) is 0 Å². The number of halogens is 3. The Kier molecular flexibility index (Phi) is 4.44. The summed E-state index contributed by atoms with van der Waals surface area (Å²) in [5.74, 6) is 3.91. The second-order valence-electron chi connectivity index (χ2n) is 4.06. The molecule has 0 saturated carbocycles. The lowest BCUT2D eigenvalue weighted by atomic mass is 10.1. The van der Waals surface area contributed by atoms with E-state index in [0.29, 0.717) is 5.56 Å². The molecule has 0 bridgehead atoms. The van der Waals surface area contributed by atoms with E-state index in [0.717, 1.165) is 18.2 Å². The molecule has 0 aromatic heterocycles. The molecule has 0 amide bonds. The standard InChI is InChI=1S/C16H11F3O/c1-20-16(14-10-13(18)7-8-15(14)19)9-4-11-2-5-12(17)6-3-11/h2-3,5-8,10,16H,1H3. The molecule has 20 heavy (non-hydrogen) atoms. The van der Waals surface area contributed by atoms with Gasteiger partial charge in [0.1, 0.15) is 23.6 Å². The van der Waals surface area contributed by atoms with Crippen molar-refractivity contribution in [1.82, 2.24) is 0 Å². The smallest absolute Gasteiger partial charge is 0.146 e. The molecule has 4 heteroatoms. The molecule has 2 aromatic rings. The molecule has 0 N–H and O–H groups in total. The number of rotatable bonds is 2. The van der Waals surface area contributed by atoms with Gasteiger partial charge < -0.3 is 4.74 Å². The fourth-order valence-corrected chi connectivity index (χ4v) is 1.66. The first kappa shape index (κ1) is 14.2. The molecule has 0 aliphatic carbocycles. The van der Waals surface area contributed by atoms with E-state index in [-0.39, 0.29) is 11.4 Å². The number of ether oxygens (including phenoxy) is 1. The maximum atomic E-state index is 13.6. The van der Waals surface area contributed by atoms with Crippen molar-refractivity contribution in [2.75, 3.05) is 7.11 Å². The Morgan fingerprint density at radius 1 is 0.950 bits per heavy atom. The van der Waals surface area contributed by atoms with E-state index in [9.17, 15) is 13.2 Å². The minimum absolute atomic E-state index is 0.0297. The fraction of sp³-hybridized carbons (Fsp3) is 0.125. The van der Waals surface area contributed by atoms with E-state index in [1.807, 2.05) is 0 Å². The molecular weight excluding hydrogens is 265 g/mol. The highest BCUT2D eigenvalue weighted by Gasteiger charge is 2.13. The van der Waals surface area contributed by atoms with Gasteiger partial charge in [0.05, 0.1) is 0 Å². The molecule has 1 unspecified atom stereocenters. The Bertz CT molecular complexity index is 654. The highest BCUT2D eigenvalue weighted by atomic mass is 19.1. The molecule has 0 radical (unpaired) electrons. The van der Waals surface area contributed by atoms with E-state index in [1.54, 1.807) is 0 Å². The Balaban J connectivity index is 2.30. The number of methoxy groups -OCH3 is 1. The topological polar surface area (TPSA) is 9.23 Å². The zero-order valence-electron chi connectivity index (χ0n) is 10.7. The normalized spacial score (nSPS) is 11.6. The van der Waals surface area contributed by atoms with Crippen LogP contribution in [0.25, 0.3) is 0 Å². The summed E-state index contributed by atoms with van der Waals surface area (Å²) in [6.45, 7) is 0. The third kappa shape index (κ3) is 3.40. The van der Waals surface area contributed by atoms with Gasteiger partial charge in [-0.3, -0.25) is 0 Å². The van der Waals surface area contributed by atoms with Crippen LogP contribution in [0.3, 0.4) is 0 Å². The maximum absolute atomic E-state index is 13.6. The van der Waals surface area contributed by atoms with Crippen LogP contribution in [0.15, 0.2) is 42.5 Å². The number of benzene rings is 2. The van der Waals surface area contributed by atoms with E-state index in [1.165, 1.54) is 31.4 Å². The fourth-order valence-electron chi connectivity index (χ4n) is 1.66. The minimum Gasteiger partial charge on any atom is -0.364 e. The summed E-state index contributed by atoms with van der Waals surface area (Å²) >= 11 is 0. The van der Waals surface area contributed by atoms with Crippen molar-refractivity contribution in [2.45, 2.75) is 6.10 Å². The largest absolute Gasteiger partial charge is 0.364 e. The monoisotopic (exact) mass is 276 g/mol. The summed E-state index contributed by atoms with van der Waals surface area (Å²) in [6, 6.07) is 8.63. The van der Waals surface area contributed by atoms with Gasteiger partial charge in [-0.1, -0.05) is 11.8 Å². The predicted octanol–water partition coefficient (Wildman–Crippen LogP) is 3.84. The van der Waals surface area contributed by atoms with Gasteiger partial charge in [-0.15, -0.1) is 0 Å². The van der Waals surface area contributed by atoms with Crippen LogP contribution in [0.2, 0.25) is 0 Å². The van der Waals surface area contributed by atoms with Gasteiger partial charge in [0.25, 0.3) is 0 Å². The van der Waals surface area contributed by atoms with Crippen LogP contribution in [-0.2, 0) is 4.74 Å². The molecule has 0 aliphatic heterocycles. The summed E-state index contributed by atoms with van der Waals surface area (Å²) < 4.78 is 44.6. The quantitative estimate of drug-likeness (QED) is 0.757. The Morgan fingerprint density at radius 3 is 2.25 bits per heavy atom. The molecule has 1 atom stereocenters. The first-order valence-electron chi connectivity index (χ1n) is 5.85. The third-order valence-corrected chi connectivity index (χ3v) is 2.67. The lowest BCUT2D eigenvalue weighted by Gasteiger charge is -2.10. The molecular formula is C16H11F3O. The van der Waals surface area contributed by atoms with Crippen molar-refractivity contribution in [2.24, 2.45) is 0 Å². The van der Waals surface area contributed by atoms with E-state index in [2.05, 4.69) is 11.8 Å². The Morgan fingerprint density at radius 2 is 1.60 bits per heavy atom. The zero-order valence-corrected chi connectivity index (χ0v) is 10.7. The zero-order chi connectivity index (χ0) is 14.5. The predicted molar refractivity (Wildman–Crippen MR) is 69.4 cm³/mol. The van der Waals surface area contributed by atoms with E-state index >= 15 is 0 Å². The van der Waals surface area contributed by atoms with E-state index < -0.39 is 17.7 Å². The molecule has 0 heterocycles. The summed E-state index contributed by atoms with van der Waals surface area (Å²) in [6.07, 6.45) is -0.893. The second-order valence-corrected chi connectivity index (χ2v) is 4.06. The molecule has 0 fully saturated rings. The summed E-state index contributed by atoms with van der Waals surface area (Å²) in [4.78, 5) is 0. The molecule has 1 nitrogen and oxygen atoms in total. The maximum Gasteiger partial charge on any atom is 0.146 e. The van der Waals surface area contributed by atoms with Gasteiger partial charge >= 0.3 is 0 Å². The van der Waals surface area contributed by atoms with Gasteiger partial charge in [-0.2, -0.15) is 0 Å². The van der Waals surface area contributed by atoms with Crippen LogP contribution in [-0.4, -0.2) is 7.11 Å².